The Kier molecular flexibility index (Phi) is 49.8. The van der Waals surface area contributed by atoms with E-state index in [1.807, 2.05) is 0 Å². The predicted molar refractivity (Wildman–Crippen MR) is 335 cm³/mol. The van der Waals surface area contributed by atoms with E-state index in [-0.39, 0.29) is 205 Å². The Hall–Kier alpha value is -7.91. The smallest absolute Gasteiger partial charge is 0.320 e. The summed E-state index contributed by atoms with van der Waals surface area (Å²) in [5, 5.41) is 69.1. The normalized spacial score (nSPS) is 12.4. The lowest BCUT2D eigenvalue weighted by Crippen LogP contribution is -2.50. The molecule has 0 unspecified atom stereocenters. The lowest BCUT2D eigenvalue weighted by molar-refractivity contribution is -0.146. The zero-order valence-electron chi connectivity index (χ0n) is 54.5. The first-order valence-corrected chi connectivity index (χ1v) is 31.4. The number of aliphatic carboxylic acids is 5. The molecule has 0 fully saturated rings. The fraction of sp³-hybridized carbons (Fsp3) is 0.741. The number of nitrogens with zero attached hydrogens (tertiary/aromatic N) is 3. The number of hydrogen-bond acceptors (Lipinski definition) is 24. The van der Waals surface area contributed by atoms with Gasteiger partial charge in [0.2, 0.25) is 47.3 Å². The van der Waals surface area contributed by atoms with E-state index in [1.54, 1.807) is 0 Å². The summed E-state index contributed by atoms with van der Waals surface area (Å²) in [5.74, 6) is -11.1. The minimum atomic E-state index is -1.45. The van der Waals surface area contributed by atoms with Crippen molar-refractivity contribution >= 4 is 88.7 Å². The number of amides is 8. The Labute approximate surface area is 551 Å². The predicted octanol–water partition coefficient (Wildman–Crippen LogP) is -5.66. The van der Waals surface area contributed by atoms with Crippen molar-refractivity contribution in [1.82, 2.24) is 57.2 Å². The molecule has 95 heavy (non-hydrogen) atoms. The van der Waals surface area contributed by atoms with Crippen LogP contribution in [0.3, 0.4) is 0 Å². The highest BCUT2D eigenvalue weighted by molar-refractivity contribution is 5.88. The lowest BCUT2D eigenvalue weighted by atomic mass is 10.1. The van der Waals surface area contributed by atoms with Crippen LogP contribution in [0.5, 0.6) is 0 Å². The molecule has 0 aliphatic rings. The van der Waals surface area contributed by atoms with E-state index in [0.717, 1.165) is 9.80 Å². The Morgan fingerprint density at radius 1 is 0.389 bits per heavy atom. The van der Waals surface area contributed by atoms with Gasteiger partial charge in [-0.3, -0.25) is 97.3 Å². The Bertz CT molecular complexity index is 2340. The van der Waals surface area contributed by atoms with Crippen molar-refractivity contribution in [2.45, 2.75) is 128 Å². The van der Waals surface area contributed by atoms with Crippen molar-refractivity contribution in [3.63, 3.8) is 0 Å². The van der Waals surface area contributed by atoms with Crippen LogP contribution in [0.15, 0.2) is 0 Å². The summed E-state index contributed by atoms with van der Waals surface area (Å²) in [5.41, 5.74) is 10.8. The molecule has 0 heterocycles. The van der Waals surface area contributed by atoms with Crippen molar-refractivity contribution in [1.29, 1.82) is 0 Å². The van der Waals surface area contributed by atoms with Gasteiger partial charge in [-0.25, -0.2) is 0 Å². The molecule has 542 valence electrons. The number of ether oxygens (including phenoxy) is 4. The van der Waals surface area contributed by atoms with Crippen molar-refractivity contribution in [3.05, 3.63) is 0 Å². The molecule has 0 aromatic heterocycles. The van der Waals surface area contributed by atoms with Gasteiger partial charge in [0.15, 0.2) is 0 Å². The molecule has 0 bridgehead atoms. The first kappa shape index (κ1) is 87.1. The average Bonchev–Trinajstić information content (AvgIpc) is 1.29. The maximum absolute atomic E-state index is 13.4. The SMILES string of the molecule is CC(=O)CN[C@@H](CCCCNC(=O)COCCOCCNC(=O)COCCOCCNC(=O)CCCC(=O)N[C@@H](CCCCNC(=O)CC[C@@H](C(=O)O)N(CCN(CC(=O)O)CC(=O)O)CCN(CC(=O)O)CC(=O)O)C(=O)NCCCC[C@H](NCC(C)=O)C(N)=O)C(N)=O. The number of rotatable bonds is 64. The second kappa shape index (κ2) is 54.4. The highest BCUT2D eigenvalue weighted by atomic mass is 16.5. The fourth-order valence-corrected chi connectivity index (χ4v) is 8.84. The van der Waals surface area contributed by atoms with Crippen LogP contribution in [0.25, 0.3) is 0 Å². The van der Waals surface area contributed by atoms with E-state index in [1.165, 1.54) is 18.7 Å². The third-order valence-corrected chi connectivity index (χ3v) is 13.6. The number of unbranched alkanes of at least 4 members (excludes halogenated alkanes) is 3. The topological polar surface area (TPSA) is 552 Å². The molecule has 0 aliphatic carbocycles. The van der Waals surface area contributed by atoms with Crippen LogP contribution < -0.4 is 54.0 Å². The zero-order chi connectivity index (χ0) is 71.3. The molecule has 0 saturated carbocycles. The number of primary amides is 2. The summed E-state index contributed by atoms with van der Waals surface area (Å²) in [6, 6.07) is -3.89. The van der Waals surface area contributed by atoms with E-state index in [9.17, 15) is 97.5 Å². The summed E-state index contributed by atoms with van der Waals surface area (Å²) in [6.45, 7) is 0.130. The van der Waals surface area contributed by atoms with Gasteiger partial charge in [-0.1, -0.05) is 0 Å². The quantitative estimate of drug-likeness (QED) is 0.0252. The number of ketones is 2. The van der Waals surface area contributed by atoms with Crippen LogP contribution in [-0.2, 0) is 90.9 Å². The Morgan fingerprint density at radius 3 is 1.17 bits per heavy atom. The second-order valence-corrected chi connectivity index (χ2v) is 22.0. The van der Waals surface area contributed by atoms with Crippen molar-refractivity contribution < 1.29 is 116 Å². The monoisotopic (exact) mass is 1360 g/mol. The zero-order valence-corrected chi connectivity index (χ0v) is 54.5. The highest BCUT2D eigenvalue weighted by Gasteiger charge is 2.29. The molecule has 0 aliphatic heterocycles. The van der Waals surface area contributed by atoms with Crippen LogP contribution in [0.4, 0.5) is 0 Å². The molecule has 37 nitrogen and oxygen atoms in total. The van der Waals surface area contributed by atoms with Gasteiger partial charge in [0.25, 0.3) is 0 Å². The fourth-order valence-electron chi connectivity index (χ4n) is 8.84. The summed E-state index contributed by atoms with van der Waals surface area (Å²) in [4.78, 5) is 184. The number of carboxylic acids is 5. The molecule has 0 spiro atoms. The van der Waals surface area contributed by atoms with Gasteiger partial charge in [-0.2, -0.15) is 0 Å². The second-order valence-electron chi connectivity index (χ2n) is 22.0. The number of hydrogen-bond donors (Lipinski definition) is 15. The highest BCUT2D eigenvalue weighted by Crippen LogP contribution is 2.11. The van der Waals surface area contributed by atoms with Gasteiger partial charge in [0.1, 0.15) is 36.9 Å². The molecule has 37 heteroatoms. The van der Waals surface area contributed by atoms with Gasteiger partial charge < -0.3 is 87.8 Å². The van der Waals surface area contributed by atoms with Gasteiger partial charge in [-0.15, -0.1) is 0 Å². The first-order valence-electron chi connectivity index (χ1n) is 31.4. The van der Waals surface area contributed by atoms with Gasteiger partial charge in [0.05, 0.1) is 91.0 Å². The maximum atomic E-state index is 13.4. The number of carbonyl (C=O) groups excluding carboxylic acids is 10. The van der Waals surface area contributed by atoms with Crippen molar-refractivity contribution in [2.75, 3.05) is 151 Å². The third-order valence-electron chi connectivity index (χ3n) is 13.6. The Morgan fingerprint density at radius 2 is 0.758 bits per heavy atom. The summed E-state index contributed by atoms with van der Waals surface area (Å²) in [6.07, 6.45) is 2.68. The van der Waals surface area contributed by atoms with Gasteiger partial charge in [0, 0.05) is 78.2 Å². The van der Waals surface area contributed by atoms with E-state index in [0.29, 0.717) is 38.6 Å². The van der Waals surface area contributed by atoms with Crippen LogP contribution in [0.1, 0.15) is 104 Å². The number of carboxylic acid groups (broad SMARTS) is 5. The number of Topliss-reactive ketones (excluding diaryl/α,β-unsaturated/α-hetero) is 2. The van der Waals surface area contributed by atoms with Crippen LogP contribution in [-0.4, -0.2) is 304 Å². The third kappa shape index (κ3) is 51.2. The van der Waals surface area contributed by atoms with E-state index in [4.69, 9.17) is 30.4 Å². The number of nitrogens with two attached hydrogens (primary N) is 2. The van der Waals surface area contributed by atoms with E-state index in [2.05, 4.69) is 42.5 Å². The number of carbonyl (C=O) groups is 15. The van der Waals surface area contributed by atoms with Crippen molar-refractivity contribution in [3.8, 4) is 0 Å². The van der Waals surface area contributed by atoms with E-state index >= 15 is 0 Å². The molecule has 0 aromatic rings. The molecular weight excluding hydrogens is 1260 g/mol. The van der Waals surface area contributed by atoms with E-state index < -0.39 is 110 Å². The lowest BCUT2D eigenvalue weighted by Gasteiger charge is -2.32. The molecule has 0 radical (unpaired) electrons. The largest absolute Gasteiger partial charge is 0.480 e. The van der Waals surface area contributed by atoms with Gasteiger partial charge in [-0.05, 0) is 84.5 Å². The summed E-state index contributed by atoms with van der Waals surface area (Å²) >= 11 is 0. The average molecular weight is 1360 g/mol. The first-order chi connectivity index (χ1) is 45.1. The van der Waals surface area contributed by atoms with Gasteiger partial charge >= 0.3 is 29.8 Å². The van der Waals surface area contributed by atoms with Crippen molar-refractivity contribution in [2.24, 2.45) is 11.5 Å². The molecule has 0 rings (SSSR count). The summed E-state index contributed by atoms with van der Waals surface area (Å²) in [7, 11) is 0. The van der Waals surface area contributed by atoms with Crippen LogP contribution >= 0.6 is 0 Å². The standard InChI is InChI=1S/C58H101N13O24/c1-40(72)32-66-42(55(59)87)10-3-6-18-62-49(77)38-94-30-29-93-27-21-64-50(78)39-95-31-28-92-26-20-63-46(74)13-9-14-48(76)68-44(57(89)65-19-8-4-11-43(56(60)88)67-33-41(2)73)12-5-7-17-61-47(75)16-15-45(58(90)91)71(24-22-69(34-51(79)80)35-52(81)82)25-23-70(36-53(83)84)37-54(85)86/h42-45,66-67H,3-39H2,1-2H3,(H2,59,87)(H2,60,88)(H,61,75)(H,62,77)(H,63,74)(H,64,78)(H,65,89)(H,68,76)(H,79,80)(H,81,82)(H,83,84)(H,85,86)(H,90,91)/t42-,43-,44-,45-/m0/s1. The molecule has 8 amide bonds. The Balaban J connectivity index is 5.03. The minimum Gasteiger partial charge on any atom is -0.480 e. The number of nitrogens with one attached hydrogen (secondary N) is 8. The molecule has 0 saturated heterocycles. The minimum absolute atomic E-state index is 0.0373. The summed E-state index contributed by atoms with van der Waals surface area (Å²) < 4.78 is 21.4. The maximum Gasteiger partial charge on any atom is 0.320 e. The molecule has 17 N–H and O–H groups in total. The van der Waals surface area contributed by atoms with Crippen LogP contribution in [0.2, 0.25) is 0 Å². The molecule has 0 aromatic carbocycles. The molecular formula is C58H101N13O24. The molecule has 4 atom stereocenters. The van der Waals surface area contributed by atoms with Crippen LogP contribution in [0, 0.1) is 0 Å².